The van der Waals surface area contributed by atoms with Crippen LogP contribution in [0.2, 0.25) is 0 Å². The molecule has 1 aromatic carbocycles. The molecule has 0 aliphatic rings. The SMILES string of the molecule is O=C(NCc1ncccc1F)c1ccccc1C(F)(F)F. The first kappa shape index (κ1) is 15.0. The summed E-state index contributed by atoms with van der Waals surface area (Å²) in [6, 6.07) is 6.92. The summed E-state index contributed by atoms with van der Waals surface area (Å²) >= 11 is 0. The van der Waals surface area contributed by atoms with Crippen LogP contribution >= 0.6 is 0 Å². The minimum atomic E-state index is -4.63. The molecule has 2 rings (SSSR count). The smallest absolute Gasteiger partial charge is 0.346 e. The number of carbonyl (C=O) groups is 1. The van der Waals surface area contributed by atoms with E-state index in [1.807, 2.05) is 0 Å². The van der Waals surface area contributed by atoms with Gasteiger partial charge in [0.1, 0.15) is 5.82 Å². The number of carbonyl (C=O) groups excluding carboxylic acids is 1. The molecule has 0 atom stereocenters. The van der Waals surface area contributed by atoms with Crippen LogP contribution in [-0.4, -0.2) is 10.9 Å². The molecule has 0 aliphatic heterocycles. The van der Waals surface area contributed by atoms with E-state index >= 15 is 0 Å². The number of rotatable bonds is 3. The molecule has 110 valence electrons. The van der Waals surface area contributed by atoms with Gasteiger partial charge in [0.15, 0.2) is 0 Å². The number of aromatic nitrogens is 1. The van der Waals surface area contributed by atoms with E-state index in [1.54, 1.807) is 0 Å². The van der Waals surface area contributed by atoms with Crippen molar-refractivity contribution in [2.45, 2.75) is 12.7 Å². The molecular weight excluding hydrogens is 288 g/mol. The van der Waals surface area contributed by atoms with Crippen LogP contribution in [0.15, 0.2) is 42.6 Å². The molecule has 7 heteroatoms. The lowest BCUT2D eigenvalue weighted by atomic mass is 10.1. The summed E-state index contributed by atoms with van der Waals surface area (Å²) in [5, 5.41) is 2.23. The molecule has 0 saturated heterocycles. The normalized spacial score (nSPS) is 11.2. The van der Waals surface area contributed by atoms with Gasteiger partial charge in [-0.15, -0.1) is 0 Å². The van der Waals surface area contributed by atoms with Gasteiger partial charge in [0, 0.05) is 6.20 Å². The number of amides is 1. The van der Waals surface area contributed by atoms with E-state index in [0.717, 1.165) is 18.2 Å². The number of benzene rings is 1. The molecule has 1 aromatic heterocycles. The highest BCUT2D eigenvalue weighted by molar-refractivity contribution is 5.95. The van der Waals surface area contributed by atoms with Gasteiger partial charge in [0.2, 0.25) is 0 Å². The van der Waals surface area contributed by atoms with Crippen LogP contribution in [0.1, 0.15) is 21.6 Å². The number of alkyl halides is 3. The molecule has 0 unspecified atom stereocenters. The number of hydrogen-bond acceptors (Lipinski definition) is 2. The van der Waals surface area contributed by atoms with Crippen molar-refractivity contribution in [2.75, 3.05) is 0 Å². The molecule has 0 bridgehead atoms. The minimum absolute atomic E-state index is 0.0460. The third kappa shape index (κ3) is 3.56. The van der Waals surface area contributed by atoms with Crippen molar-refractivity contribution in [1.29, 1.82) is 0 Å². The Bertz CT molecular complexity index is 655. The van der Waals surface area contributed by atoms with Crippen LogP contribution in [0, 0.1) is 5.82 Å². The summed E-state index contributed by atoms with van der Waals surface area (Å²) in [5.74, 6) is -1.57. The zero-order valence-electron chi connectivity index (χ0n) is 10.6. The minimum Gasteiger partial charge on any atom is -0.346 e. The van der Waals surface area contributed by atoms with Gasteiger partial charge < -0.3 is 5.32 Å². The number of nitrogens with one attached hydrogen (secondary N) is 1. The Labute approximate surface area is 117 Å². The number of hydrogen-bond donors (Lipinski definition) is 1. The highest BCUT2D eigenvalue weighted by Gasteiger charge is 2.34. The third-order valence-corrected chi connectivity index (χ3v) is 2.73. The van der Waals surface area contributed by atoms with Crippen molar-refractivity contribution in [3.63, 3.8) is 0 Å². The van der Waals surface area contributed by atoms with Gasteiger partial charge in [-0.3, -0.25) is 9.78 Å². The second-order valence-corrected chi connectivity index (χ2v) is 4.16. The Morgan fingerprint density at radius 2 is 1.86 bits per heavy atom. The molecule has 3 nitrogen and oxygen atoms in total. The first-order valence-corrected chi connectivity index (χ1v) is 5.93. The summed E-state index contributed by atoms with van der Waals surface area (Å²) in [5.41, 5.74) is -1.60. The van der Waals surface area contributed by atoms with E-state index in [2.05, 4.69) is 10.3 Å². The Morgan fingerprint density at radius 3 is 2.52 bits per heavy atom. The molecule has 0 aliphatic carbocycles. The van der Waals surface area contributed by atoms with Crippen LogP contribution in [-0.2, 0) is 12.7 Å². The maximum Gasteiger partial charge on any atom is 0.417 e. The van der Waals surface area contributed by atoms with Crippen LogP contribution in [0.5, 0.6) is 0 Å². The maximum atomic E-state index is 13.3. The summed E-state index contributed by atoms with van der Waals surface area (Å²) in [4.78, 5) is 15.5. The lowest BCUT2D eigenvalue weighted by Gasteiger charge is -2.12. The number of nitrogens with zero attached hydrogens (tertiary/aromatic N) is 1. The lowest BCUT2D eigenvalue weighted by molar-refractivity contribution is -0.137. The molecule has 0 radical (unpaired) electrons. The van der Waals surface area contributed by atoms with E-state index < -0.39 is 29.0 Å². The molecule has 1 N–H and O–H groups in total. The monoisotopic (exact) mass is 298 g/mol. The van der Waals surface area contributed by atoms with E-state index in [0.29, 0.717) is 0 Å². The van der Waals surface area contributed by atoms with Crippen molar-refractivity contribution in [3.8, 4) is 0 Å². The Morgan fingerprint density at radius 1 is 1.14 bits per heavy atom. The summed E-state index contributed by atoms with van der Waals surface area (Å²) < 4.78 is 51.7. The van der Waals surface area contributed by atoms with E-state index in [-0.39, 0.29) is 12.2 Å². The van der Waals surface area contributed by atoms with Gasteiger partial charge >= 0.3 is 6.18 Å². The largest absolute Gasteiger partial charge is 0.417 e. The molecule has 0 fully saturated rings. The molecule has 0 saturated carbocycles. The molecule has 1 heterocycles. The predicted octanol–water partition coefficient (Wildman–Crippen LogP) is 3.17. The fourth-order valence-electron chi connectivity index (χ4n) is 1.74. The van der Waals surface area contributed by atoms with Gasteiger partial charge in [-0.25, -0.2) is 4.39 Å². The zero-order chi connectivity index (χ0) is 15.5. The molecule has 0 spiro atoms. The first-order valence-electron chi connectivity index (χ1n) is 5.93. The van der Waals surface area contributed by atoms with Crippen molar-refractivity contribution >= 4 is 5.91 Å². The zero-order valence-corrected chi connectivity index (χ0v) is 10.6. The van der Waals surface area contributed by atoms with Gasteiger partial charge in [0.25, 0.3) is 5.91 Å². The highest BCUT2D eigenvalue weighted by atomic mass is 19.4. The van der Waals surface area contributed by atoms with E-state index in [9.17, 15) is 22.4 Å². The number of halogens is 4. The Kier molecular flexibility index (Phi) is 4.21. The lowest BCUT2D eigenvalue weighted by Crippen LogP contribution is -2.26. The maximum absolute atomic E-state index is 13.3. The van der Waals surface area contributed by atoms with E-state index in [1.165, 1.54) is 24.4 Å². The second-order valence-electron chi connectivity index (χ2n) is 4.16. The Hall–Kier alpha value is -2.44. The highest BCUT2D eigenvalue weighted by Crippen LogP contribution is 2.31. The van der Waals surface area contributed by atoms with Gasteiger partial charge in [-0.1, -0.05) is 12.1 Å². The fraction of sp³-hybridized carbons (Fsp3) is 0.143. The molecule has 21 heavy (non-hydrogen) atoms. The van der Waals surface area contributed by atoms with Crippen LogP contribution in [0.4, 0.5) is 17.6 Å². The average molecular weight is 298 g/mol. The predicted molar refractivity (Wildman–Crippen MR) is 66.8 cm³/mol. The third-order valence-electron chi connectivity index (χ3n) is 2.73. The van der Waals surface area contributed by atoms with Crippen LogP contribution in [0.3, 0.4) is 0 Å². The molecular formula is C14H10F4N2O. The second kappa shape index (κ2) is 5.90. The quantitative estimate of drug-likeness (QED) is 0.884. The topological polar surface area (TPSA) is 42.0 Å². The molecule has 2 aromatic rings. The van der Waals surface area contributed by atoms with Crippen molar-refractivity contribution in [3.05, 3.63) is 65.2 Å². The molecule has 1 amide bonds. The first-order chi connectivity index (χ1) is 9.89. The van der Waals surface area contributed by atoms with Crippen molar-refractivity contribution in [2.24, 2.45) is 0 Å². The number of pyridine rings is 1. The van der Waals surface area contributed by atoms with Crippen molar-refractivity contribution in [1.82, 2.24) is 10.3 Å². The van der Waals surface area contributed by atoms with Crippen LogP contribution < -0.4 is 5.32 Å². The summed E-state index contributed by atoms with van der Waals surface area (Å²) in [6.07, 6.45) is -3.31. The standard InChI is InChI=1S/C14H10F4N2O/c15-11-6-3-7-19-12(11)8-20-13(21)9-4-1-2-5-10(9)14(16,17)18/h1-7H,8H2,(H,20,21). The van der Waals surface area contributed by atoms with Crippen molar-refractivity contribution < 1.29 is 22.4 Å². The fourth-order valence-corrected chi connectivity index (χ4v) is 1.74. The summed E-state index contributed by atoms with van der Waals surface area (Å²) in [6.45, 7) is -0.294. The Balaban J connectivity index is 2.17. The average Bonchev–Trinajstić information content (AvgIpc) is 2.45. The summed E-state index contributed by atoms with van der Waals surface area (Å²) in [7, 11) is 0. The van der Waals surface area contributed by atoms with E-state index in [4.69, 9.17) is 0 Å². The van der Waals surface area contributed by atoms with Gasteiger partial charge in [0.05, 0.1) is 23.4 Å². The van der Waals surface area contributed by atoms with Gasteiger partial charge in [-0.2, -0.15) is 13.2 Å². The van der Waals surface area contributed by atoms with Crippen LogP contribution in [0.25, 0.3) is 0 Å². The van der Waals surface area contributed by atoms with Gasteiger partial charge in [-0.05, 0) is 24.3 Å².